The van der Waals surface area contributed by atoms with Crippen molar-refractivity contribution in [1.82, 2.24) is 5.32 Å². The maximum absolute atomic E-state index is 11.8. The van der Waals surface area contributed by atoms with Gasteiger partial charge in [0.15, 0.2) is 0 Å². The monoisotopic (exact) mass is 346 g/mol. The van der Waals surface area contributed by atoms with Crippen molar-refractivity contribution in [3.63, 3.8) is 0 Å². The van der Waals surface area contributed by atoms with E-state index < -0.39 is 46.6 Å². The van der Waals surface area contributed by atoms with Crippen molar-refractivity contribution < 1.29 is 32.0 Å². The van der Waals surface area contributed by atoms with Crippen LogP contribution in [0.1, 0.15) is 27.2 Å². The molecule has 2 bridgehead atoms. The zero-order chi connectivity index (χ0) is 17.4. The lowest BCUT2D eigenvalue weighted by Crippen LogP contribution is -2.55. The molecular weight excluding hydrogens is 326 g/mol. The van der Waals surface area contributed by atoms with Crippen molar-refractivity contribution in [1.29, 1.82) is 0 Å². The molecular formula is C14H20NO7S-. The molecule has 2 fully saturated rings. The van der Waals surface area contributed by atoms with Crippen molar-refractivity contribution >= 4 is 23.2 Å². The van der Waals surface area contributed by atoms with E-state index in [1.54, 1.807) is 20.8 Å². The lowest BCUT2D eigenvalue weighted by atomic mass is 9.70. The number of amides is 1. The van der Waals surface area contributed by atoms with E-state index >= 15 is 0 Å². The predicted octanol–water partition coefficient (Wildman–Crippen LogP) is -0.0329. The van der Waals surface area contributed by atoms with Crippen LogP contribution in [0.25, 0.3) is 0 Å². The highest BCUT2D eigenvalue weighted by Crippen LogP contribution is 2.55. The van der Waals surface area contributed by atoms with E-state index in [2.05, 4.69) is 11.9 Å². The minimum absolute atomic E-state index is 0.269. The maximum Gasteiger partial charge on any atom is 0.325 e. The third-order valence-electron chi connectivity index (χ3n) is 4.94. The SMILES string of the molecule is C=CC(=O)NCC(=O)OC1CC2OC1(C)C(C)C2(C)OS(=O)[O-]. The maximum atomic E-state index is 11.8. The smallest absolute Gasteiger partial charge is 0.325 e. The first-order chi connectivity index (χ1) is 10.6. The van der Waals surface area contributed by atoms with Crippen LogP contribution in [0.5, 0.6) is 0 Å². The number of ether oxygens (including phenoxy) is 2. The molecule has 0 aromatic rings. The molecule has 2 heterocycles. The van der Waals surface area contributed by atoms with Crippen molar-refractivity contribution in [3.8, 4) is 0 Å². The van der Waals surface area contributed by atoms with E-state index in [9.17, 15) is 18.4 Å². The minimum Gasteiger partial charge on any atom is -0.750 e. The molecule has 130 valence electrons. The second-order valence-electron chi connectivity index (χ2n) is 6.12. The molecule has 0 saturated carbocycles. The summed E-state index contributed by atoms with van der Waals surface area (Å²) in [6.45, 7) is 8.25. The molecule has 23 heavy (non-hydrogen) atoms. The Kier molecular flexibility index (Phi) is 4.95. The van der Waals surface area contributed by atoms with Gasteiger partial charge in [-0.15, -0.1) is 0 Å². The van der Waals surface area contributed by atoms with Crippen molar-refractivity contribution in [2.75, 3.05) is 6.54 Å². The van der Waals surface area contributed by atoms with Gasteiger partial charge in [0.05, 0.1) is 17.5 Å². The molecule has 0 aromatic carbocycles. The summed E-state index contributed by atoms with van der Waals surface area (Å²) in [4.78, 5) is 22.9. The van der Waals surface area contributed by atoms with Crippen LogP contribution in [0.2, 0.25) is 0 Å². The van der Waals surface area contributed by atoms with Gasteiger partial charge in [-0.1, -0.05) is 13.5 Å². The number of fused-ring (bicyclic) bond motifs is 2. The van der Waals surface area contributed by atoms with Gasteiger partial charge in [-0.05, 0) is 19.9 Å². The lowest BCUT2D eigenvalue weighted by molar-refractivity contribution is -0.160. The standard InChI is InChI=1S/C14H21NO7S/c1-5-11(16)15-7-12(17)20-9-6-10-14(4,22-23(18)19)8(2)13(9,3)21-10/h5,8-10H,1,6-7H2,2-4H3,(H,15,16)(H,18,19)/p-1. The van der Waals surface area contributed by atoms with Crippen LogP contribution in [-0.2, 0) is 34.6 Å². The molecule has 0 aromatic heterocycles. The number of carbonyl (C=O) groups excluding carboxylic acids is 2. The molecule has 9 heteroatoms. The highest BCUT2D eigenvalue weighted by Gasteiger charge is 2.68. The fourth-order valence-electron chi connectivity index (χ4n) is 3.31. The summed E-state index contributed by atoms with van der Waals surface area (Å²) in [6, 6.07) is 0. The summed E-state index contributed by atoms with van der Waals surface area (Å²) in [6.07, 6.45) is 0.354. The fraction of sp³-hybridized carbons (Fsp3) is 0.714. The summed E-state index contributed by atoms with van der Waals surface area (Å²) in [5, 5.41) is 2.34. The Balaban J connectivity index is 2.01. The van der Waals surface area contributed by atoms with Crippen LogP contribution in [0.4, 0.5) is 0 Å². The zero-order valence-electron chi connectivity index (χ0n) is 13.2. The zero-order valence-corrected chi connectivity index (χ0v) is 14.0. The highest BCUT2D eigenvalue weighted by molar-refractivity contribution is 7.74. The van der Waals surface area contributed by atoms with E-state index in [0.29, 0.717) is 6.42 Å². The van der Waals surface area contributed by atoms with Crippen LogP contribution >= 0.6 is 0 Å². The van der Waals surface area contributed by atoms with Gasteiger partial charge in [0.25, 0.3) is 0 Å². The van der Waals surface area contributed by atoms with Crippen LogP contribution in [-0.4, -0.2) is 50.6 Å². The lowest BCUT2D eigenvalue weighted by Gasteiger charge is -2.42. The summed E-state index contributed by atoms with van der Waals surface area (Å²) >= 11 is -2.66. The summed E-state index contributed by atoms with van der Waals surface area (Å²) in [5.41, 5.74) is -1.85. The normalized spacial score (nSPS) is 39.7. The molecule has 1 amide bonds. The molecule has 2 rings (SSSR count). The number of esters is 1. The number of hydrogen-bond acceptors (Lipinski definition) is 7. The molecule has 0 radical (unpaired) electrons. The molecule has 1 N–H and O–H groups in total. The highest BCUT2D eigenvalue weighted by atomic mass is 32.2. The van der Waals surface area contributed by atoms with Gasteiger partial charge >= 0.3 is 5.97 Å². The van der Waals surface area contributed by atoms with Gasteiger partial charge in [-0.25, -0.2) is 4.21 Å². The van der Waals surface area contributed by atoms with Crippen LogP contribution in [0.15, 0.2) is 12.7 Å². The predicted molar refractivity (Wildman–Crippen MR) is 78.6 cm³/mol. The first-order valence-corrected chi connectivity index (χ1v) is 8.19. The summed E-state index contributed by atoms with van der Waals surface area (Å²) < 4.78 is 38.1. The molecule has 0 aliphatic carbocycles. The third-order valence-corrected chi connectivity index (χ3v) is 5.43. The van der Waals surface area contributed by atoms with Crippen molar-refractivity contribution in [2.24, 2.45) is 5.92 Å². The van der Waals surface area contributed by atoms with Crippen LogP contribution in [0, 0.1) is 5.92 Å². The quantitative estimate of drug-likeness (QED) is 0.408. The van der Waals surface area contributed by atoms with Crippen LogP contribution in [0.3, 0.4) is 0 Å². The number of rotatable bonds is 6. The number of carbonyl (C=O) groups is 2. The van der Waals surface area contributed by atoms with Crippen molar-refractivity contribution in [2.45, 2.75) is 50.6 Å². The van der Waals surface area contributed by atoms with Gasteiger partial charge < -0.3 is 19.3 Å². The second kappa shape index (κ2) is 6.31. The van der Waals surface area contributed by atoms with Crippen LogP contribution < -0.4 is 5.32 Å². The minimum atomic E-state index is -2.66. The van der Waals surface area contributed by atoms with E-state index in [0.717, 1.165) is 6.08 Å². The number of hydrogen-bond donors (Lipinski definition) is 1. The van der Waals surface area contributed by atoms with Gasteiger partial charge in [0, 0.05) is 12.3 Å². The third kappa shape index (κ3) is 3.18. The second-order valence-corrected chi connectivity index (χ2v) is 6.69. The Hall–Kier alpha value is -1.29. The Labute approximate surface area is 137 Å². The largest absolute Gasteiger partial charge is 0.750 e. The Morgan fingerprint density at radius 2 is 2.17 bits per heavy atom. The molecule has 2 aliphatic heterocycles. The first-order valence-electron chi connectivity index (χ1n) is 7.19. The summed E-state index contributed by atoms with van der Waals surface area (Å²) in [5.74, 6) is -1.37. The van der Waals surface area contributed by atoms with E-state index in [-0.39, 0.29) is 12.5 Å². The van der Waals surface area contributed by atoms with E-state index in [1.165, 1.54) is 0 Å². The molecule has 6 atom stereocenters. The average Bonchev–Trinajstić information content (AvgIpc) is 2.89. The van der Waals surface area contributed by atoms with E-state index in [1.807, 2.05) is 0 Å². The fourth-order valence-corrected chi connectivity index (χ4v) is 3.85. The molecule has 2 aliphatic rings. The van der Waals surface area contributed by atoms with E-state index in [4.69, 9.17) is 13.7 Å². The van der Waals surface area contributed by atoms with Gasteiger partial charge in [0.2, 0.25) is 5.91 Å². The molecule has 0 spiro atoms. The Morgan fingerprint density at radius 3 is 2.70 bits per heavy atom. The van der Waals surface area contributed by atoms with Gasteiger partial charge in [-0.3, -0.25) is 13.8 Å². The van der Waals surface area contributed by atoms with Gasteiger partial charge in [0.1, 0.15) is 23.9 Å². The molecule has 6 unspecified atom stereocenters. The molecule has 2 saturated heterocycles. The summed E-state index contributed by atoms with van der Waals surface area (Å²) in [7, 11) is 0. The Morgan fingerprint density at radius 1 is 1.52 bits per heavy atom. The Bertz CT molecular complexity index is 553. The topological polar surface area (TPSA) is 114 Å². The first kappa shape index (κ1) is 18.1. The average molecular weight is 346 g/mol. The number of nitrogens with one attached hydrogen (secondary N) is 1. The van der Waals surface area contributed by atoms with Gasteiger partial charge in [-0.2, -0.15) is 0 Å². The van der Waals surface area contributed by atoms with Crippen molar-refractivity contribution in [3.05, 3.63) is 12.7 Å². The molecule has 8 nitrogen and oxygen atoms in total.